The molecule has 0 aliphatic carbocycles. The summed E-state index contributed by atoms with van der Waals surface area (Å²) in [6.45, 7) is 1.46. The second-order valence-electron chi connectivity index (χ2n) is 6.49. The number of thiazole rings is 1. The van der Waals surface area contributed by atoms with Gasteiger partial charge in [0.15, 0.2) is 0 Å². The molecule has 0 spiro atoms. The number of likely N-dealkylation sites (tertiary alicyclic amines) is 1. The van der Waals surface area contributed by atoms with Gasteiger partial charge in [0.25, 0.3) is 0 Å². The number of aromatic amines is 1. The largest absolute Gasteiger partial charge is 0.348 e. The van der Waals surface area contributed by atoms with Gasteiger partial charge in [0.1, 0.15) is 16.6 Å². The maximum atomic E-state index is 13.0. The van der Waals surface area contributed by atoms with E-state index in [9.17, 15) is 9.18 Å². The minimum atomic E-state index is -0.267. The van der Waals surface area contributed by atoms with Crippen LogP contribution in [0, 0.1) is 5.82 Å². The van der Waals surface area contributed by atoms with Crippen LogP contribution in [0.15, 0.2) is 48.1 Å². The fourth-order valence-corrected chi connectivity index (χ4v) is 4.02. The Morgan fingerprint density at radius 1 is 1.26 bits per heavy atom. The lowest BCUT2D eigenvalue weighted by Gasteiger charge is -2.30. The van der Waals surface area contributed by atoms with Gasteiger partial charge in [-0.1, -0.05) is 0 Å². The fraction of sp³-hybridized carbons (Fsp3) is 0.250. The highest BCUT2D eigenvalue weighted by Crippen LogP contribution is 2.26. The van der Waals surface area contributed by atoms with Gasteiger partial charge >= 0.3 is 0 Å². The van der Waals surface area contributed by atoms with E-state index >= 15 is 0 Å². The quantitative estimate of drug-likeness (QED) is 0.691. The molecule has 1 saturated heterocycles. The van der Waals surface area contributed by atoms with Gasteiger partial charge in [0.05, 0.1) is 5.69 Å². The molecular weight excluding hydrogens is 363 g/mol. The molecule has 7 heteroatoms. The van der Waals surface area contributed by atoms with Gasteiger partial charge in [-0.05, 0) is 43.2 Å². The zero-order valence-electron chi connectivity index (χ0n) is 14.6. The van der Waals surface area contributed by atoms with Gasteiger partial charge in [-0.15, -0.1) is 11.3 Å². The maximum absolute atomic E-state index is 13.0. The first kappa shape index (κ1) is 17.6. The van der Waals surface area contributed by atoms with Crippen molar-refractivity contribution >= 4 is 23.3 Å². The van der Waals surface area contributed by atoms with Gasteiger partial charge in [-0.25, -0.2) is 14.4 Å². The van der Waals surface area contributed by atoms with Gasteiger partial charge < -0.3 is 9.88 Å². The Hall–Kier alpha value is -2.80. The molecule has 0 radical (unpaired) electrons. The zero-order chi connectivity index (χ0) is 18.6. The average Bonchev–Trinajstić information content (AvgIpc) is 3.39. The van der Waals surface area contributed by atoms with E-state index in [2.05, 4.69) is 15.0 Å². The van der Waals surface area contributed by atoms with Crippen LogP contribution in [0.5, 0.6) is 0 Å². The number of carbonyl (C=O) groups excluding carboxylic acids is 1. The Bertz CT molecular complexity index is 925. The molecular formula is C20H19FN4OS. The van der Waals surface area contributed by atoms with Crippen molar-refractivity contribution in [2.45, 2.75) is 18.8 Å². The van der Waals surface area contributed by atoms with E-state index in [1.54, 1.807) is 30.5 Å². The first-order valence-electron chi connectivity index (χ1n) is 8.87. The summed E-state index contributed by atoms with van der Waals surface area (Å²) in [5.74, 6) is 1.14. The highest BCUT2D eigenvalue weighted by Gasteiger charge is 2.24. The Kier molecular flexibility index (Phi) is 5.11. The van der Waals surface area contributed by atoms with E-state index in [-0.39, 0.29) is 11.7 Å². The summed E-state index contributed by atoms with van der Waals surface area (Å²) in [6.07, 6.45) is 8.76. The third-order valence-electron chi connectivity index (χ3n) is 4.72. The summed E-state index contributed by atoms with van der Waals surface area (Å²) < 4.78 is 13.0. The van der Waals surface area contributed by atoms with Crippen LogP contribution in [0.1, 0.15) is 30.3 Å². The number of nitrogens with one attached hydrogen (secondary N) is 1. The van der Waals surface area contributed by atoms with Crippen LogP contribution in [-0.4, -0.2) is 38.8 Å². The molecule has 1 aliphatic heterocycles. The van der Waals surface area contributed by atoms with Crippen molar-refractivity contribution in [3.05, 3.63) is 65.5 Å². The van der Waals surface area contributed by atoms with Gasteiger partial charge in [0, 0.05) is 48.4 Å². The molecule has 0 bridgehead atoms. The number of imidazole rings is 1. The average molecular weight is 382 g/mol. The standard InChI is InChI=1S/C20H19FN4OS/c21-16-3-1-15(2-4-16)20-24-17(13-27-20)5-6-18(26)25-11-7-14(8-12-25)19-22-9-10-23-19/h1-6,9-10,13-14H,7-8,11-12H2,(H,22,23)/b6-5+. The Morgan fingerprint density at radius 3 is 2.74 bits per heavy atom. The van der Waals surface area contributed by atoms with Crippen molar-refractivity contribution in [1.82, 2.24) is 19.9 Å². The van der Waals surface area contributed by atoms with Crippen molar-refractivity contribution in [3.8, 4) is 10.6 Å². The molecule has 27 heavy (non-hydrogen) atoms. The molecule has 3 aromatic rings. The molecule has 2 aromatic heterocycles. The van der Waals surface area contributed by atoms with E-state index < -0.39 is 0 Å². The molecule has 1 amide bonds. The molecule has 3 heterocycles. The first-order valence-corrected chi connectivity index (χ1v) is 9.75. The van der Waals surface area contributed by atoms with Crippen LogP contribution in [-0.2, 0) is 4.79 Å². The van der Waals surface area contributed by atoms with Crippen molar-refractivity contribution in [1.29, 1.82) is 0 Å². The third kappa shape index (κ3) is 4.14. The first-order chi connectivity index (χ1) is 13.2. The Balaban J connectivity index is 1.34. The summed E-state index contributed by atoms with van der Waals surface area (Å²) in [5, 5.41) is 2.70. The van der Waals surface area contributed by atoms with Crippen molar-refractivity contribution < 1.29 is 9.18 Å². The number of hydrogen-bond acceptors (Lipinski definition) is 4. The third-order valence-corrected chi connectivity index (χ3v) is 5.63. The number of H-pyrrole nitrogens is 1. The minimum absolute atomic E-state index is 0.00391. The van der Waals surface area contributed by atoms with Gasteiger partial charge in [-0.3, -0.25) is 4.79 Å². The van der Waals surface area contributed by atoms with Crippen LogP contribution < -0.4 is 0 Å². The second kappa shape index (κ2) is 7.84. The molecule has 0 atom stereocenters. The van der Waals surface area contributed by atoms with Crippen molar-refractivity contribution in [2.75, 3.05) is 13.1 Å². The molecule has 1 aliphatic rings. The molecule has 1 N–H and O–H groups in total. The minimum Gasteiger partial charge on any atom is -0.348 e. The topological polar surface area (TPSA) is 61.9 Å². The van der Waals surface area contributed by atoms with Crippen LogP contribution in [0.2, 0.25) is 0 Å². The number of nitrogens with zero attached hydrogens (tertiary/aromatic N) is 3. The van der Waals surface area contributed by atoms with E-state index in [0.29, 0.717) is 5.92 Å². The molecule has 138 valence electrons. The molecule has 1 aromatic carbocycles. The van der Waals surface area contributed by atoms with E-state index in [1.807, 2.05) is 16.5 Å². The van der Waals surface area contributed by atoms with E-state index in [0.717, 1.165) is 48.0 Å². The van der Waals surface area contributed by atoms with Crippen molar-refractivity contribution in [3.63, 3.8) is 0 Å². The molecule has 1 fully saturated rings. The van der Waals surface area contributed by atoms with Gasteiger partial charge in [-0.2, -0.15) is 0 Å². The maximum Gasteiger partial charge on any atom is 0.246 e. The Labute approximate surface area is 160 Å². The number of aromatic nitrogens is 3. The molecule has 0 saturated carbocycles. The summed E-state index contributed by atoms with van der Waals surface area (Å²) >= 11 is 1.47. The molecule has 5 nitrogen and oxygen atoms in total. The Morgan fingerprint density at radius 2 is 2.04 bits per heavy atom. The molecule has 4 rings (SSSR count). The number of piperidine rings is 1. The van der Waals surface area contributed by atoms with Crippen LogP contribution in [0.3, 0.4) is 0 Å². The van der Waals surface area contributed by atoms with Crippen LogP contribution >= 0.6 is 11.3 Å². The SMILES string of the molecule is O=C(/C=C/c1csc(-c2ccc(F)cc2)n1)N1CCC(c2ncc[nH]2)CC1. The number of halogens is 1. The summed E-state index contributed by atoms with van der Waals surface area (Å²) in [6, 6.07) is 6.25. The number of hydrogen-bond donors (Lipinski definition) is 1. The lowest BCUT2D eigenvalue weighted by molar-refractivity contribution is -0.127. The second-order valence-corrected chi connectivity index (χ2v) is 7.35. The number of rotatable bonds is 4. The van der Waals surface area contributed by atoms with E-state index in [1.165, 1.54) is 23.5 Å². The number of carbonyl (C=O) groups is 1. The number of benzene rings is 1. The summed E-state index contributed by atoms with van der Waals surface area (Å²) in [5.41, 5.74) is 1.60. The molecule has 0 unspecified atom stereocenters. The van der Waals surface area contributed by atoms with Gasteiger partial charge in [0.2, 0.25) is 5.91 Å². The summed E-state index contributed by atoms with van der Waals surface area (Å²) in [7, 11) is 0. The number of amides is 1. The normalized spacial score (nSPS) is 15.5. The van der Waals surface area contributed by atoms with Crippen molar-refractivity contribution in [2.24, 2.45) is 0 Å². The predicted octanol–water partition coefficient (Wildman–Crippen LogP) is 4.09. The van der Waals surface area contributed by atoms with Crippen LogP contribution in [0.25, 0.3) is 16.6 Å². The predicted molar refractivity (Wildman–Crippen MR) is 104 cm³/mol. The summed E-state index contributed by atoms with van der Waals surface area (Å²) in [4.78, 5) is 26.3. The fourth-order valence-electron chi connectivity index (χ4n) is 3.22. The zero-order valence-corrected chi connectivity index (χ0v) is 15.5. The highest BCUT2D eigenvalue weighted by molar-refractivity contribution is 7.13. The lowest BCUT2D eigenvalue weighted by Crippen LogP contribution is -2.37. The highest BCUT2D eigenvalue weighted by atomic mass is 32.1. The van der Waals surface area contributed by atoms with Crippen LogP contribution in [0.4, 0.5) is 4.39 Å². The monoisotopic (exact) mass is 382 g/mol. The van der Waals surface area contributed by atoms with E-state index in [4.69, 9.17) is 0 Å². The lowest BCUT2D eigenvalue weighted by atomic mass is 9.96. The smallest absolute Gasteiger partial charge is 0.246 e.